The Morgan fingerprint density at radius 1 is 0.792 bits per heavy atom. The third-order valence-electron chi connectivity index (χ3n) is 7.90. The molecule has 3 amide bonds. The summed E-state index contributed by atoms with van der Waals surface area (Å²) >= 11 is 0. The normalized spacial score (nSPS) is 13.9. The number of benzene rings is 3. The second-order valence-corrected chi connectivity index (χ2v) is 15.0. The molecule has 1 saturated carbocycles. The number of nitrogens with zero attached hydrogens (tertiary/aromatic N) is 2. The largest absolute Gasteiger partial charge is 0.444 e. The molecule has 282 valence electrons. The maximum atomic E-state index is 13.9. The van der Waals surface area contributed by atoms with Crippen LogP contribution >= 0.6 is 0 Å². The van der Waals surface area contributed by atoms with Gasteiger partial charge in [0.2, 0.25) is 0 Å². The predicted octanol–water partition coefficient (Wildman–Crippen LogP) is 8.60. The Kier molecular flexibility index (Phi) is 11.5. The van der Waals surface area contributed by atoms with Crippen molar-refractivity contribution in [2.75, 3.05) is 17.2 Å². The molecule has 1 aliphatic rings. The van der Waals surface area contributed by atoms with Gasteiger partial charge in [-0.1, -0.05) is 36.4 Å². The fourth-order valence-electron chi connectivity index (χ4n) is 5.37. The van der Waals surface area contributed by atoms with Crippen LogP contribution in [0.1, 0.15) is 93.3 Å². The molecule has 1 aromatic heterocycles. The monoisotopic (exact) mass is 734 g/mol. The molecule has 0 aliphatic heterocycles. The van der Waals surface area contributed by atoms with Gasteiger partial charge in [0.05, 0.1) is 11.7 Å². The number of halogens is 3. The van der Waals surface area contributed by atoms with E-state index >= 15 is 0 Å². The number of hydrogen-bond acceptors (Lipinski definition) is 7. The first kappa shape index (κ1) is 38.9. The number of nitrogens with one attached hydrogen (secondary N) is 4. The molecule has 11 nitrogen and oxygen atoms in total. The van der Waals surface area contributed by atoms with Gasteiger partial charge in [0, 0.05) is 24.0 Å². The van der Waals surface area contributed by atoms with Crippen molar-refractivity contribution in [1.82, 2.24) is 20.4 Å². The summed E-state index contributed by atoms with van der Waals surface area (Å²) in [7, 11) is 0. The quantitative estimate of drug-likeness (QED) is 0.121. The van der Waals surface area contributed by atoms with Gasteiger partial charge < -0.3 is 25.4 Å². The fourth-order valence-corrected chi connectivity index (χ4v) is 5.37. The average Bonchev–Trinajstić information content (AvgIpc) is 3.76. The summed E-state index contributed by atoms with van der Waals surface area (Å²) in [6.45, 7) is 11.3. The van der Waals surface area contributed by atoms with Gasteiger partial charge in [0.1, 0.15) is 16.9 Å². The molecule has 53 heavy (non-hydrogen) atoms. The molecule has 1 heterocycles. The first-order valence-electron chi connectivity index (χ1n) is 17.3. The minimum Gasteiger partial charge on any atom is -0.444 e. The third kappa shape index (κ3) is 11.6. The molecule has 1 unspecified atom stereocenters. The Morgan fingerprint density at radius 3 is 2.09 bits per heavy atom. The Labute approximate surface area is 306 Å². The van der Waals surface area contributed by atoms with Crippen molar-refractivity contribution >= 4 is 29.5 Å². The van der Waals surface area contributed by atoms with Crippen LogP contribution < -0.4 is 21.3 Å². The van der Waals surface area contributed by atoms with Crippen LogP contribution in [-0.4, -0.2) is 45.6 Å². The average molecular weight is 735 g/mol. The molecule has 1 atom stereocenters. The van der Waals surface area contributed by atoms with E-state index in [1.807, 2.05) is 18.2 Å². The predicted molar refractivity (Wildman–Crippen MR) is 195 cm³/mol. The molecular formula is C39H45F3N6O5. The van der Waals surface area contributed by atoms with Crippen LogP contribution in [0.4, 0.5) is 34.1 Å². The SMILES string of the molecule is CC(C)(C)OC(=O)NCc1cccc(-n2nc(C(F)(F)F)cc2C(=O)Nc2cccc(C(NCC3CC3)c3ccc(NC(=O)OC(C)(C)C)cc3)c2)c1. The summed E-state index contributed by atoms with van der Waals surface area (Å²) in [6.07, 6.45) is -3.77. The van der Waals surface area contributed by atoms with Crippen molar-refractivity contribution in [3.8, 4) is 5.69 Å². The Bertz CT molecular complexity index is 1930. The van der Waals surface area contributed by atoms with Crippen molar-refractivity contribution in [3.63, 3.8) is 0 Å². The molecule has 4 aromatic rings. The topological polar surface area (TPSA) is 136 Å². The molecule has 0 bridgehead atoms. The van der Waals surface area contributed by atoms with Gasteiger partial charge >= 0.3 is 18.4 Å². The van der Waals surface area contributed by atoms with Crippen molar-refractivity contribution in [2.45, 2.75) is 84.3 Å². The van der Waals surface area contributed by atoms with Crippen molar-refractivity contribution in [3.05, 3.63) is 107 Å². The molecule has 14 heteroatoms. The minimum atomic E-state index is -4.81. The van der Waals surface area contributed by atoms with Crippen LogP contribution in [0.25, 0.3) is 5.69 Å². The summed E-state index contributed by atoms with van der Waals surface area (Å²) in [5, 5.41) is 15.5. The summed E-state index contributed by atoms with van der Waals surface area (Å²) in [5.41, 5.74) is 0.457. The van der Waals surface area contributed by atoms with E-state index in [0.717, 1.165) is 35.2 Å². The van der Waals surface area contributed by atoms with Crippen molar-refractivity contribution in [1.29, 1.82) is 0 Å². The molecule has 0 saturated heterocycles. The Balaban J connectivity index is 1.37. The zero-order chi connectivity index (χ0) is 38.6. The highest BCUT2D eigenvalue weighted by Crippen LogP contribution is 2.32. The number of aromatic nitrogens is 2. The van der Waals surface area contributed by atoms with Gasteiger partial charge in [-0.3, -0.25) is 10.1 Å². The number of amides is 3. The summed E-state index contributed by atoms with van der Waals surface area (Å²) in [4.78, 5) is 38.1. The first-order valence-corrected chi connectivity index (χ1v) is 17.3. The second-order valence-electron chi connectivity index (χ2n) is 15.0. The summed E-state index contributed by atoms with van der Waals surface area (Å²) in [5.74, 6) is -0.245. The first-order chi connectivity index (χ1) is 24.8. The molecule has 3 aromatic carbocycles. The number of alkyl carbamates (subject to hydrolysis) is 1. The highest BCUT2D eigenvalue weighted by molar-refractivity contribution is 6.03. The molecule has 4 N–H and O–H groups in total. The number of hydrogen-bond donors (Lipinski definition) is 4. The van der Waals surface area contributed by atoms with Crippen LogP contribution in [-0.2, 0) is 22.2 Å². The van der Waals surface area contributed by atoms with Crippen LogP contribution in [0.5, 0.6) is 0 Å². The zero-order valence-electron chi connectivity index (χ0n) is 30.6. The van der Waals surface area contributed by atoms with Crippen molar-refractivity contribution < 1.29 is 37.0 Å². The van der Waals surface area contributed by atoms with E-state index in [1.54, 1.807) is 84.0 Å². The van der Waals surface area contributed by atoms with E-state index in [1.165, 1.54) is 12.1 Å². The Morgan fingerprint density at radius 2 is 1.45 bits per heavy atom. The van der Waals surface area contributed by atoms with E-state index in [9.17, 15) is 27.6 Å². The van der Waals surface area contributed by atoms with E-state index in [4.69, 9.17) is 9.47 Å². The van der Waals surface area contributed by atoms with Crippen LogP contribution in [0.2, 0.25) is 0 Å². The van der Waals surface area contributed by atoms with Gasteiger partial charge in [-0.15, -0.1) is 0 Å². The van der Waals surface area contributed by atoms with Gasteiger partial charge in [-0.25, -0.2) is 14.3 Å². The lowest BCUT2D eigenvalue weighted by atomic mass is 9.97. The van der Waals surface area contributed by atoms with E-state index in [2.05, 4.69) is 26.4 Å². The number of anilines is 2. The van der Waals surface area contributed by atoms with Gasteiger partial charge in [-0.2, -0.15) is 18.3 Å². The van der Waals surface area contributed by atoms with Crippen LogP contribution in [0.3, 0.4) is 0 Å². The number of alkyl halides is 3. The number of carbonyl (C=O) groups is 3. The molecule has 1 fully saturated rings. The van der Waals surface area contributed by atoms with Gasteiger partial charge in [-0.05, 0) is 120 Å². The Hall–Kier alpha value is -5.37. The molecule has 5 rings (SSSR count). The van der Waals surface area contributed by atoms with E-state index in [0.29, 0.717) is 28.9 Å². The number of ether oxygens (including phenoxy) is 2. The summed E-state index contributed by atoms with van der Waals surface area (Å²) in [6, 6.07) is 21.1. The highest BCUT2D eigenvalue weighted by atomic mass is 19.4. The number of carbonyl (C=O) groups excluding carboxylic acids is 3. The van der Waals surface area contributed by atoms with Crippen LogP contribution in [0.15, 0.2) is 78.9 Å². The minimum absolute atomic E-state index is 0.0312. The summed E-state index contributed by atoms with van der Waals surface area (Å²) < 4.78 is 53.2. The second kappa shape index (κ2) is 15.7. The fraction of sp³-hybridized carbons (Fsp3) is 0.385. The third-order valence-corrected chi connectivity index (χ3v) is 7.90. The molecule has 0 spiro atoms. The standard InChI is InChI=1S/C39H45F3N6O5/c1-37(2,3)52-35(50)44-23-25-9-7-12-30(19-25)48-31(21-32(47-48)39(40,41)42)34(49)45-29-11-8-10-27(20-29)33(43-22-24-13-14-24)26-15-17-28(18-16-26)46-36(51)53-38(4,5)6/h7-12,15-21,24,33,43H,13-14,22-23H2,1-6H3,(H,44,50)(H,45,49)(H,46,51). The van der Waals surface area contributed by atoms with Crippen LogP contribution in [0, 0.1) is 5.92 Å². The van der Waals surface area contributed by atoms with E-state index < -0.39 is 41.2 Å². The lowest BCUT2D eigenvalue weighted by molar-refractivity contribution is -0.141. The lowest BCUT2D eigenvalue weighted by Gasteiger charge is -2.22. The maximum absolute atomic E-state index is 13.9. The molecule has 0 radical (unpaired) electrons. The van der Waals surface area contributed by atoms with Gasteiger partial charge in [0.15, 0.2) is 5.69 Å². The highest BCUT2D eigenvalue weighted by Gasteiger charge is 2.36. The molecular weight excluding hydrogens is 689 g/mol. The van der Waals surface area contributed by atoms with Crippen molar-refractivity contribution in [2.24, 2.45) is 5.92 Å². The zero-order valence-corrected chi connectivity index (χ0v) is 30.6. The van der Waals surface area contributed by atoms with E-state index in [-0.39, 0.29) is 24.0 Å². The molecule has 1 aliphatic carbocycles. The van der Waals surface area contributed by atoms with Gasteiger partial charge in [0.25, 0.3) is 5.91 Å². The smallest absolute Gasteiger partial charge is 0.435 e. The number of rotatable bonds is 11. The lowest BCUT2D eigenvalue weighted by Crippen LogP contribution is -2.32. The maximum Gasteiger partial charge on any atom is 0.435 e.